The van der Waals surface area contributed by atoms with E-state index in [1.807, 2.05) is 13.8 Å². The minimum absolute atomic E-state index is 0.0289. The molecule has 0 radical (unpaired) electrons. The third kappa shape index (κ3) is 3.93. The van der Waals surface area contributed by atoms with Gasteiger partial charge in [0.15, 0.2) is 5.75 Å². The molecule has 1 aliphatic heterocycles. The molecule has 2 heterocycles. The number of nitrogens with zero attached hydrogens (tertiary/aromatic N) is 2. The molecule has 30 heavy (non-hydrogen) atoms. The lowest BCUT2D eigenvalue weighted by Gasteiger charge is -2.26. The molecule has 0 spiro atoms. The molecule has 1 saturated heterocycles. The Hall–Kier alpha value is -3.19. The Labute approximate surface area is 177 Å². The van der Waals surface area contributed by atoms with Crippen LogP contribution in [0, 0.1) is 19.7 Å². The van der Waals surface area contributed by atoms with Gasteiger partial charge in [-0.05, 0) is 66.9 Å². The summed E-state index contributed by atoms with van der Waals surface area (Å²) in [4.78, 5) is 30.9. The number of hydrogen-bond acceptors (Lipinski definition) is 5. The van der Waals surface area contributed by atoms with E-state index in [1.165, 1.54) is 30.1 Å². The van der Waals surface area contributed by atoms with Crippen LogP contribution in [-0.4, -0.2) is 22.6 Å². The predicted octanol–water partition coefficient (Wildman–Crippen LogP) is 4.84. The van der Waals surface area contributed by atoms with Crippen LogP contribution in [0.3, 0.4) is 0 Å². The van der Waals surface area contributed by atoms with Gasteiger partial charge < -0.3 is 4.74 Å². The fourth-order valence-electron chi connectivity index (χ4n) is 3.33. The smallest absolute Gasteiger partial charge is 0.343 e. The third-order valence-corrected chi connectivity index (χ3v) is 6.12. The number of pyridine rings is 1. The summed E-state index contributed by atoms with van der Waals surface area (Å²) < 4.78 is 18.8. The molecule has 7 heteroatoms. The Kier molecular flexibility index (Phi) is 5.55. The molecule has 0 aliphatic carbocycles. The molecule has 2 aromatic carbocycles. The van der Waals surface area contributed by atoms with Crippen molar-refractivity contribution in [3.05, 3.63) is 89.0 Å². The molecule has 1 unspecified atom stereocenters. The lowest BCUT2D eigenvalue weighted by molar-refractivity contribution is -0.115. The SMILES string of the molecule is Cc1ccncc1OC(=O)c1ccc(N2C(=O)CSC2c2ccc(F)cc2)c(C)c1. The highest BCUT2D eigenvalue weighted by atomic mass is 32.2. The van der Waals surface area contributed by atoms with Gasteiger partial charge in [0.2, 0.25) is 5.91 Å². The average Bonchev–Trinajstić information content (AvgIpc) is 3.11. The Morgan fingerprint density at radius 2 is 1.90 bits per heavy atom. The maximum Gasteiger partial charge on any atom is 0.343 e. The molecule has 4 rings (SSSR count). The highest BCUT2D eigenvalue weighted by molar-refractivity contribution is 8.00. The summed E-state index contributed by atoms with van der Waals surface area (Å²) in [5.74, 6) is -0.0862. The quantitative estimate of drug-likeness (QED) is 0.564. The van der Waals surface area contributed by atoms with Crippen LogP contribution in [-0.2, 0) is 4.79 Å². The molecule has 152 valence electrons. The van der Waals surface area contributed by atoms with Gasteiger partial charge in [-0.1, -0.05) is 12.1 Å². The molecule has 1 aliphatic rings. The van der Waals surface area contributed by atoms with E-state index in [9.17, 15) is 14.0 Å². The van der Waals surface area contributed by atoms with Crippen LogP contribution in [0.25, 0.3) is 0 Å². The van der Waals surface area contributed by atoms with Gasteiger partial charge in [-0.3, -0.25) is 14.7 Å². The van der Waals surface area contributed by atoms with Gasteiger partial charge in [-0.2, -0.15) is 0 Å². The molecular formula is C23H19FN2O3S. The monoisotopic (exact) mass is 422 g/mol. The fraction of sp³-hybridized carbons (Fsp3) is 0.174. The molecule has 0 bridgehead atoms. The third-order valence-electron chi connectivity index (χ3n) is 4.91. The molecule has 0 saturated carbocycles. The Balaban J connectivity index is 1.60. The number of rotatable bonds is 4. The first-order valence-electron chi connectivity index (χ1n) is 9.36. The summed E-state index contributed by atoms with van der Waals surface area (Å²) in [5, 5.41) is -0.243. The van der Waals surface area contributed by atoms with E-state index in [1.54, 1.807) is 47.5 Å². The number of esters is 1. The molecular weight excluding hydrogens is 403 g/mol. The number of carbonyl (C=O) groups is 2. The standard InChI is InChI=1S/C23H19FN2O3S/c1-14-9-10-25-12-20(14)29-23(28)17-5-8-19(15(2)11-17)26-21(27)13-30-22(26)16-3-6-18(24)7-4-16/h3-12,22H,13H2,1-2H3. The van der Waals surface area contributed by atoms with Crippen molar-refractivity contribution in [2.24, 2.45) is 0 Å². The molecule has 1 aromatic heterocycles. The van der Waals surface area contributed by atoms with Crippen LogP contribution >= 0.6 is 11.8 Å². The number of anilines is 1. The number of benzene rings is 2. The van der Waals surface area contributed by atoms with Crippen molar-refractivity contribution in [3.8, 4) is 5.75 Å². The van der Waals surface area contributed by atoms with E-state index >= 15 is 0 Å². The number of carbonyl (C=O) groups excluding carboxylic acids is 2. The normalized spacial score (nSPS) is 16.0. The number of aryl methyl sites for hydroxylation is 2. The van der Waals surface area contributed by atoms with E-state index in [0.717, 1.165) is 16.7 Å². The largest absolute Gasteiger partial charge is 0.421 e. The molecule has 0 N–H and O–H groups in total. The Morgan fingerprint density at radius 3 is 2.60 bits per heavy atom. The van der Waals surface area contributed by atoms with Crippen LogP contribution < -0.4 is 9.64 Å². The first-order valence-corrected chi connectivity index (χ1v) is 10.4. The molecule has 5 nitrogen and oxygen atoms in total. The van der Waals surface area contributed by atoms with Crippen molar-refractivity contribution in [1.82, 2.24) is 4.98 Å². The Morgan fingerprint density at radius 1 is 1.13 bits per heavy atom. The first kappa shape index (κ1) is 20.1. The summed E-state index contributed by atoms with van der Waals surface area (Å²) in [5.41, 5.74) is 3.54. The number of ether oxygens (including phenoxy) is 1. The topological polar surface area (TPSA) is 59.5 Å². The van der Waals surface area contributed by atoms with Gasteiger partial charge in [-0.15, -0.1) is 11.8 Å². The maximum absolute atomic E-state index is 13.3. The molecule has 3 aromatic rings. The van der Waals surface area contributed by atoms with Crippen LogP contribution in [0.4, 0.5) is 10.1 Å². The van der Waals surface area contributed by atoms with Gasteiger partial charge in [0.05, 0.1) is 17.5 Å². The second-order valence-corrected chi connectivity index (χ2v) is 8.08. The minimum atomic E-state index is -0.488. The number of hydrogen-bond donors (Lipinski definition) is 0. The van der Waals surface area contributed by atoms with Gasteiger partial charge in [0.25, 0.3) is 0 Å². The van der Waals surface area contributed by atoms with Crippen molar-refractivity contribution < 1.29 is 18.7 Å². The van der Waals surface area contributed by atoms with Crippen LogP contribution in [0.5, 0.6) is 5.75 Å². The molecule has 1 atom stereocenters. The number of amides is 1. The number of thioether (sulfide) groups is 1. The predicted molar refractivity (Wildman–Crippen MR) is 114 cm³/mol. The van der Waals surface area contributed by atoms with Gasteiger partial charge in [0.1, 0.15) is 11.2 Å². The van der Waals surface area contributed by atoms with E-state index < -0.39 is 5.97 Å². The summed E-state index contributed by atoms with van der Waals surface area (Å²) >= 11 is 1.49. The zero-order valence-corrected chi connectivity index (χ0v) is 17.3. The summed E-state index contributed by atoms with van der Waals surface area (Å²) in [6, 6.07) is 13.0. The van der Waals surface area contributed by atoms with Crippen molar-refractivity contribution in [1.29, 1.82) is 0 Å². The van der Waals surface area contributed by atoms with Gasteiger partial charge in [-0.25, -0.2) is 9.18 Å². The number of aromatic nitrogens is 1. The summed E-state index contributed by atoms with van der Waals surface area (Å²) in [6.45, 7) is 3.68. The minimum Gasteiger partial charge on any atom is -0.421 e. The second-order valence-electron chi connectivity index (χ2n) is 7.01. The van der Waals surface area contributed by atoms with Crippen molar-refractivity contribution in [2.45, 2.75) is 19.2 Å². The first-order chi connectivity index (χ1) is 14.4. The average molecular weight is 422 g/mol. The van der Waals surface area contributed by atoms with Crippen LogP contribution in [0.1, 0.15) is 32.4 Å². The zero-order chi connectivity index (χ0) is 21.3. The Bertz CT molecular complexity index is 1120. The van der Waals surface area contributed by atoms with E-state index in [2.05, 4.69) is 4.98 Å². The summed E-state index contributed by atoms with van der Waals surface area (Å²) in [6.07, 6.45) is 3.14. The molecule has 1 fully saturated rings. The van der Waals surface area contributed by atoms with Crippen molar-refractivity contribution in [2.75, 3.05) is 10.7 Å². The maximum atomic E-state index is 13.3. The van der Waals surface area contributed by atoms with Crippen LogP contribution in [0.15, 0.2) is 60.9 Å². The highest BCUT2D eigenvalue weighted by Crippen LogP contribution is 2.42. The highest BCUT2D eigenvalue weighted by Gasteiger charge is 2.35. The zero-order valence-electron chi connectivity index (χ0n) is 16.5. The van der Waals surface area contributed by atoms with E-state index in [-0.39, 0.29) is 17.1 Å². The fourth-order valence-corrected chi connectivity index (χ4v) is 4.50. The van der Waals surface area contributed by atoms with Crippen molar-refractivity contribution in [3.63, 3.8) is 0 Å². The lowest BCUT2D eigenvalue weighted by Crippen LogP contribution is -2.28. The summed E-state index contributed by atoms with van der Waals surface area (Å²) in [7, 11) is 0. The van der Waals surface area contributed by atoms with Crippen molar-refractivity contribution >= 4 is 29.3 Å². The molecule has 1 amide bonds. The van der Waals surface area contributed by atoms with Gasteiger partial charge >= 0.3 is 5.97 Å². The van der Waals surface area contributed by atoms with E-state index in [4.69, 9.17) is 4.74 Å². The van der Waals surface area contributed by atoms with Gasteiger partial charge in [0, 0.05) is 11.9 Å². The van der Waals surface area contributed by atoms with Crippen LogP contribution in [0.2, 0.25) is 0 Å². The second kappa shape index (κ2) is 8.28. The number of halogens is 1. The lowest BCUT2D eigenvalue weighted by atomic mass is 10.1. The van der Waals surface area contributed by atoms with E-state index in [0.29, 0.717) is 22.8 Å².